The molecule has 1 aromatic rings. The van der Waals surface area contributed by atoms with Gasteiger partial charge in [-0.3, -0.25) is 4.72 Å². The predicted molar refractivity (Wildman–Crippen MR) is 62.9 cm³/mol. The summed E-state index contributed by atoms with van der Waals surface area (Å²) in [6.45, 7) is 0.263. The van der Waals surface area contributed by atoms with Crippen molar-refractivity contribution in [3.63, 3.8) is 0 Å². The fourth-order valence-electron chi connectivity index (χ4n) is 1.28. The Morgan fingerprint density at radius 3 is 2.69 bits per heavy atom. The van der Waals surface area contributed by atoms with Gasteiger partial charge in [0.05, 0.1) is 12.6 Å². The molecule has 1 rings (SSSR count). The van der Waals surface area contributed by atoms with E-state index in [1.54, 1.807) is 12.1 Å². The first kappa shape index (κ1) is 12.7. The summed E-state index contributed by atoms with van der Waals surface area (Å²) in [7, 11) is -3.33. The third-order valence-corrected chi connectivity index (χ3v) is 2.52. The summed E-state index contributed by atoms with van der Waals surface area (Å²) < 4.78 is 36.4. The SMILES string of the molecule is CS(=O)(=O)Nc1ccc(CN)c(/C=C/F)c1. The van der Waals surface area contributed by atoms with Crippen LogP contribution in [0.2, 0.25) is 0 Å². The number of rotatable bonds is 4. The Bertz CT molecular complexity index is 498. The van der Waals surface area contributed by atoms with Crippen LogP contribution in [0.3, 0.4) is 0 Å². The van der Waals surface area contributed by atoms with Crippen molar-refractivity contribution in [3.8, 4) is 0 Å². The first-order valence-corrected chi connectivity index (χ1v) is 6.43. The highest BCUT2D eigenvalue weighted by atomic mass is 32.2. The zero-order valence-corrected chi connectivity index (χ0v) is 9.59. The second kappa shape index (κ2) is 5.09. The average Bonchev–Trinajstić information content (AvgIpc) is 2.16. The van der Waals surface area contributed by atoms with Gasteiger partial charge < -0.3 is 5.73 Å². The lowest BCUT2D eigenvalue weighted by Crippen LogP contribution is -2.10. The van der Waals surface area contributed by atoms with Crippen molar-refractivity contribution < 1.29 is 12.8 Å². The van der Waals surface area contributed by atoms with Crippen LogP contribution in [0, 0.1) is 0 Å². The van der Waals surface area contributed by atoms with Gasteiger partial charge in [0.2, 0.25) is 10.0 Å². The molecule has 0 bridgehead atoms. The molecule has 6 heteroatoms. The number of nitrogens with two attached hydrogens (primary N) is 1. The molecule has 0 amide bonds. The van der Waals surface area contributed by atoms with Crippen LogP contribution in [0.25, 0.3) is 6.08 Å². The molecule has 0 fully saturated rings. The van der Waals surface area contributed by atoms with Crippen LogP contribution in [-0.4, -0.2) is 14.7 Å². The highest BCUT2D eigenvalue weighted by Crippen LogP contribution is 2.18. The largest absolute Gasteiger partial charge is 0.326 e. The predicted octanol–water partition coefficient (Wildman–Crippen LogP) is 1.46. The van der Waals surface area contributed by atoms with E-state index in [-0.39, 0.29) is 6.54 Å². The Hall–Kier alpha value is -1.40. The zero-order valence-electron chi connectivity index (χ0n) is 8.77. The fraction of sp³-hybridized carbons (Fsp3) is 0.200. The van der Waals surface area contributed by atoms with Gasteiger partial charge in [0.15, 0.2) is 0 Å². The molecule has 88 valence electrons. The average molecular weight is 244 g/mol. The van der Waals surface area contributed by atoms with Crippen LogP contribution >= 0.6 is 0 Å². The van der Waals surface area contributed by atoms with Crippen LogP contribution in [-0.2, 0) is 16.6 Å². The van der Waals surface area contributed by atoms with Gasteiger partial charge in [-0.25, -0.2) is 12.8 Å². The van der Waals surface area contributed by atoms with Crippen LogP contribution in [0.15, 0.2) is 24.5 Å². The summed E-state index contributed by atoms with van der Waals surface area (Å²) in [4.78, 5) is 0. The van der Waals surface area contributed by atoms with Gasteiger partial charge in [-0.05, 0) is 29.3 Å². The van der Waals surface area contributed by atoms with Gasteiger partial charge in [-0.1, -0.05) is 6.07 Å². The minimum absolute atomic E-state index is 0.263. The summed E-state index contributed by atoms with van der Waals surface area (Å²) in [5.41, 5.74) is 7.14. The maximum Gasteiger partial charge on any atom is 0.229 e. The molecule has 3 N–H and O–H groups in total. The van der Waals surface area contributed by atoms with E-state index in [0.29, 0.717) is 17.6 Å². The second-order valence-corrected chi connectivity index (χ2v) is 5.03. The van der Waals surface area contributed by atoms with E-state index in [4.69, 9.17) is 5.73 Å². The van der Waals surface area contributed by atoms with E-state index in [2.05, 4.69) is 4.72 Å². The summed E-state index contributed by atoms with van der Waals surface area (Å²) >= 11 is 0. The Balaban J connectivity index is 3.11. The number of sulfonamides is 1. The summed E-state index contributed by atoms with van der Waals surface area (Å²) in [5.74, 6) is 0. The highest BCUT2D eigenvalue weighted by molar-refractivity contribution is 7.92. The monoisotopic (exact) mass is 244 g/mol. The summed E-state index contributed by atoms with van der Waals surface area (Å²) in [5, 5.41) is 0. The van der Waals surface area contributed by atoms with Crippen LogP contribution < -0.4 is 10.5 Å². The van der Waals surface area contributed by atoms with Crippen molar-refractivity contribution in [2.45, 2.75) is 6.54 Å². The van der Waals surface area contributed by atoms with Crippen molar-refractivity contribution in [1.82, 2.24) is 0 Å². The van der Waals surface area contributed by atoms with Crippen molar-refractivity contribution in [3.05, 3.63) is 35.7 Å². The van der Waals surface area contributed by atoms with E-state index in [9.17, 15) is 12.8 Å². The molecule has 0 radical (unpaired) electrons. The third-order valence-electron chi connectivity index (χ3n) is 1.91. The van der Waals surface area contributed by atoms with Gasteiger partial charge in [0.25, 0.3) is 0 Å². The molecule has 0 atom stereocenters. The molecule has 0 saturated heterocycles. The van der Waals surface area contributed by atoms with Crippen LogP contribution in [0.4, 0.5) is 10.1 Å². The maximum atomic E-state index is 12.1. The number of halogens is 1. The maximum absolute atomic E-state index is 12.1. The van der Waals surface area contributed by atoms with Gasteiger partial charge in [0.1, 0.15) is 0 Å². The molecule has 0 aliphatic carbocycles. The van der Waals surface area contributed by atoms with E-state index in [1.807, 2.05) is 0 Å². The zero-order chi connectivity index (χ0) is 12.2. The summed E-state index contributed by atoms with van der Waals surface area (Å²) in [6, 6.07) is 4.76. The number of anilines is 1. The third kappa shape index (κ3) is 3.63. The molecule has 0 heterocycles. The molecular weight excluding hydrogens is 231 g/mol. The van der Waals surface area contributed by atoms with Crippen molar-refractivity contribution >= 4 is 21.8 Å². The van der Waals surface area contributed by atoms with Crippen LogP contribution in [0.5, 0.6) is 0 Å². The molecule has 0 aromatic heterocycles. The Labute approximate surface area is 94.0 Å². The number of benzene rings is 1. The van der Waals surface area contributed by atoms with Gasteiger partial charge in [-0.2, -0.15) is 0 Å². The van der Waals surface area contributed by atoms with Crippen molar-refractivity contribution in [2.24, 2.45) is 5.73 Å². The second-order valence-electron chi connectivity index (χ2n) is 3.28. The van der Waals surface area contributed by atoms with Crippen LogP contribution in [0.1, 0.15) is 11.1 Å². The lowest BCUT2D eigenvalue weighted by molar-refractivity contribution is 0.607. The van der Waals surface area contributed by atoms with Crippen molar-refractivity contribution in [1.29, 1.82) is 0 Å². The van der Waals surface area contributed by atoms with Gasteiger partial charge >= 0.3 is 0 Å². The number of hydrogen-bond acceptors (Lipinski definition) is 3. The van der Waals surface area contributed by atoms with Gasteiger partial charge in [0, 0.05) is 12.2 Å². The molecule has 4 nitrogen and oxygen atoms in total. The lowest BCUT2D eigenvalue weighted by atomic mass is 10.1. The molecule has 0 aliphatic rings. The van der Waals surface area contributed by atoms with E-state index >= 15 is 0 Å². The fourth-order valence-corrected chi connectivity index (χ4v) is 1.84. The normalized spacial score (nSPS) is 11.9. The number of nitrogens with one attached hydrogen (secondary N) is 1. The molecule has 0 unspecified atom stereocenters. The Kier molecular flexibility index (Phi) is 4.03. The topological polar surface area (TPSA) is 72.2 Å². The lowest BCUT2D eigenvalue weighted by Gasteiger charge is -2.08. The molecule has 0 spiro atoms. The molecule has 0 saturated carbocycles. The van der Waals surface area contributed by atoms with Crippen molar-refractivity contribution in [2.75, 3.05) is 11.0 Å². The molecular formula is C10H13FN2O2S. The standard InChI is InChI=1S/C10H13FN2O2S/c1-16(14,15)13-10-3-2-9(7-12)8(6-10)4-5-11/h2-6,13H,7,12H2,1H3/b5-4+. The molecule has 0 aliphatic heterocycles. The van der Waals surface area contributed by atoms with E-state index in [1.165, 1.54) is 12.1 Å². The van der Waals surface area contributed by atoms with Gasteiger partial charge in [-0.15, -0.1) is 0 Å². The minimum Gasteiger partial charge on any atom is -0.326 e. The highest BCUT2D eigenvalue weighted by Gasteiger charge is 2.04. The smallest absolute Gasteiger partial charge is 0.229 e. The minimum atomic E-state index is -3.33. The molecule has 16 heavy (non-hydrogen) atoms. The number of hydrogen-bond donors (Lipinski definition) is 2. The molecule has 1 aromatic carbocycles. The Morgan fingerprint density at radius 1 is 1.50 bits per heavy atom. The quantitative estimate of drug-likeness (QED) is 0.842. The first-order valence-electron chi connectivity index (χ1n) is 4.54. The van der Waals surface area contributed by atoms with E-state index in [0.717, 1.165) is 11.8 Å². The first-order chi connectivity index (χ1) is 7.46. The summed E-state index contributed by atoms with van der Waals surface area (Å²) in [6.07, 6.45) is 2.67. The Morgan fingerprint density at radius 2 is 2.19 bits per heavy atom. The van der Waals surface area contributed by atoms with E-state index < -0.39 is 10.0 Å².